The number of nitrogens with zero attached hydrogens (tertiary/aromatic N) is 1. The molecule has 0 aromatic carbocycles. The number of aliphatic carboxylic acids is 1. The maximum absolute atomic E-state index is 11.6. The first kappa shape index (κ1) is 16.4. The van der Waals surface area contributed by atoms with Crippen molar-refractivity contribution in [2.24, 2.45) is 11.3 Å². The third-order valence-corrected chi connectivity index (χ3v) is 4.82. The SMILES string of the molecule is COC(C)(C)CC(C)N1CCC(C(=O)O)(C(C)C)C1. The molecule has 0 bridgehead atoms. The van der Waals surface area contributed by atoms with Crippen LogP contribution in [-0.2, 0) is 9.53 Å². The molecule has 0 aromatic rings. The summed E-state index contributed by atoms with van der Waals surface area (Å²) in [5.74, 6) is -0.485. The normalized spacial score (nSPS) is 26.9. The molecular weight excluding hydrogens is 242 g/mol. The second-order valence-electron chi connectivity index (χ2n) is 6.85. The Morgan fingerprint density at radius 2 is 2.00 bits per heavy atom. The number of carboxylic acids is 1. The van der Waals surface area contributed by atoms with E-state index in [9.17, 15) is 9.90 Å². The fourth-order valence-corrected chi connectivity index (χ4v) is 3.06. The van der Waals surface area contributed by atoms with E-state index in [0.29, 0.717) is 12.6 Å². The van der Waals surface area contributed by atoms with Crippen LogP contribution in [0.3, 0.4) is 0 Å². The highest BCUT2D eigenvalue weighted by Crippen LogP contribution is 2.39. The van der Waals surface area contributed by atoms with Gasteiger partial charge in [0.1, 0.15) is 0 Å². The molecule has 1 N–H and O–H groups in total. The van der Waals surface area contributed by atoms with Crippen LogP contribution >= 0.6 is 0 Å². The molecule has 1 aliphatic rings. The van der Waals surface area contributed by atoms with Crippen LogP contribution in [0.15, 0.2) is 0 Å². The molecule has 1 fully saturated rings. The van der Waals surface area contributed by atoms with Crippen LogP contribution in [0.25, 0.3) is 0 Å². The van der Waals surface area contributed by atoms with Crippen molar-refractivity contribution in [2.75, 3.05) is 20.2 Å². The van der Waals surface area contributed by atoms with E-state index in [-0.39, 0.29) is 11.5 Å². The minimum absolute atomic E-state index is 0.161. The highest BCUT2D eigenvalue weighted by atomic mass is 16.5. The molecule has 2 atom stereocenters. The summed E-state index contributed by atoms with van der Waals surface area (Å²) in [7, 11) is 1.73. The van der Waals surface area contributed by atoms with Crippen LogP contribution in [0.4, 0.5) is 0 Å². The van der Waals surface area contributed by atoms with Gasteiger partial charge in [0.15, 0.2) is 0 Å². The molecule has 4 nitrogen and oxygen atoms in total. The first-order valence-corrected chi connectivity index (χ1v) is 7.17. The largest absolute Gasteiger partial charge is 0.481 e. The predicted molar refractivity (Wildman–Crippen MR) is 76.3 cm³/mol. The lowest BCUT2D eigenvalue weighted by Gasteiger charge is -2.34. The highest BCUT2D eigenvalue weighted by molar-refractivity contribution is 5.75. The molecule has 4 heteroatoms. The average molecular weight is 271 g/mol. The Hall–Kier alpha value is -0.610. The third kappa shape index (κ3) is 3.48. The zero-order valence-electron chi connectivity index (χ0n) is 13.2. The molecule has 1 rings (SSSR count). The first-order valence-electron chi connectivity index (χ1n) is 7.17. The topological polar surface area (TPSA) is 49.8 Å². The fourth-order valence-electron chi connectivity index (χ4n) is 3.06. The van der Waals surface area contributed by atoms with Gasteiger partial charge < -0.3 is 9.84 Å². The van der Waals surface area contributed by atoms with Gasteiger partial charge in [-0.05, 0) is 46.1 Å². The van der Waals surface area contributed by atoms with Crippen molar-refractivity contribution in [3.05, 3.63) is 0 Å². The summed E-state index contributed by atoms with van der Waals surface area (Å²) in [6.45, 7) is 11.9. The second kappa shape index (κ2) is 5.80. The fraction of sp³-hybridized carbons (Fsp3) is 0.933. The van der Waals surface area contributed by atoms with Gasteiger partial charge >= 0.3 is 5.97 Å². The quantitative estimate of drug-likeness (QED) is 0.807. The van der Waals surface area contributed by atoms with Gasteiger partial charge in [0, 0.05) is 19.7 Å². The molecule has 19 heavy (non-hydrogen) atoms. The minimum atomic E-state index is -0.650. The third-order valence-electron chi connectivity index (χ3n) is 4.82. The lowest BCUT2D eigenvalue weighted by atomic mass is 9.76. The lowest BCUT2D eigenvalue weighted by Crippen LogP contribution is -2.43. The zero-order valence-corrected chi connectivity index (χ0v) is 13.2. The Balaban J connectivity index is 2.72. The van der Waals surface area contributed by atoms with E-state index in [1.807, 2.05) is 13.8 Å². The van der Waals surface area contributed by atoms with E-state index in [1.165, 1.54) is 0 Å². The van der Waals surface area contributed by atoms with Gasteiger partial charge in [-0.25, -0.2) is 0 Å². The van der Waals surface area contributed by atoms with Crippen LogP contribution in [0.2, 0.25) is 0 Å². The summed E-state index contributed by atoms with van der Waals surface area (Å²) in [5.41, 5.74) is -0.739. The summed E-state index contributed by atoms with van der Waals surface area (Å²) >= 11 is 0. The molecule has 2 unspecified atom stereocenters. The van der Waals surface area contributed by atoms with Crippen molar-refractivity contribution in [1.82, 2.24) is 4.90 Å². The van der Waals surface area contributed by atoms with Crippen molar-refractivity contribution in [2.45, 2.75) is 59.1 Å². The van der Waals surface area contributed by atoms with Gasteiger partial charge in [-0.15, -0.1) is 0 Å². The molecule has 0 aliphatic carbocycles. The van der Waals surface area contributed by atoms with Gasteiger partial charge in [0.05, 0.1) is 11.0 Å². The second-order valence-corrected chi connectivity index (χ2v) is 6.85. The molecule has 1 heterocycles. The molecule has 1 aliphatic heterocycles. The van der Waals surface area contributed by atoms with Crippen molar-refractivity contribution in [1.29, 1.82) is 0 Å². The summed E-state index contributed by atoms with van der Waals surface area (Å²) in [6, 6.07) is 0.343. The average Bonchev–Trinajstić information content (AvgIpc) is 2.74. The Labute approximate surface area is 117 Å². The maximum atomic E-state index is 11.6. The van der Waals surface area contributed by atoms with Crippen molar-refractivity contribution in [3.8, 4) is 0 Å². The van der Waals surface area contributed by atoms with Gasteiger partial charge in [-0.2, -0.15) is 0 Å². The standard InChI is InChI=1S/C15H29NO3/c1-11(2)15(13(17)18)7-8-16(10-15)12(3)9-14(4,5)19-6/h11-12H,7-10H2,1-6H3,(H,17,18). The van der Waals surface area contributed by atoms with E-state index >= 15 is 0 Å². The first-order chi connectivity index (χ1) is 8.64. The van der Waals surface area contributed by atoms with E-state index in [1.54, 1.807) is 7.11 Å². The summed E-state index contributed by atoms with van der Waals surface area (Å²) in [6.07, 6.45) is 1.66. The number of methoxy groups -OCH3 is 1. The number of hydrogen-bond acceptors (Lipinski definition) is 3. The van der Waals surface area contributed by atoms with E-state index in [4.69, 9.17) is 4.74 Å². The van der Waals surface area contributed by atoms with E-state index in [2.05, 4.69) is 25.7 Å². The van der Waals surface area contributed by atoms with Crippen LogP contribution in [0.1, 0.15) is 47.5 Å². The van der Waals surface area contributed by atoms with E-state index in [0.717, 1.165) is 19.4 Å². The van der Waals surface area contributed by atoms with Gasteiger partial charge in [-0.1, -0.05) is 13.8 Å². The van der Waals surface area contributed by atoms with E-state index < -0.39 is 11.4 Å². The van der Waals surface area contributed by atoms with Gasteiger partial charge in [0.25, 0.3) is 0 Å². The molecule has 0 radical (unpaired) electrons. The molecule has 0 amide bonds. The predicted octanol–water partition coefficient (Wildman–Crippen LogP) is 2.62. The number of carboxylic acid groups (broad SMARTS) is 1. The Morgan fingerprint density at radius 1 is 1.42 bits per heavy atom. The summed E-state index contributed by atoms with van der Waals surface area (Å²) < 4.78 is 5.47. The Morgan fingerprint density at radius 3 is 2.37 bits per heavy atom. The summed E-state index contributed by atoms with van der Waals surface area (Å²) in [4.78, 5) is 13.9. The van der Waals surface area contributed by atoms with Gasteiger partial charge in [0.2, 0.25) is 0 Å². The van der Waals surface area contributed by atoms with Crippen molar-refractivity contribution < 1.29 is 14.6 Å². The van der Waals surface area contributed by atoms with Crippen LogP contribution in [-0.4, -0.2) is 47.8 Å². The van der Waals surface area contributed by atoms with Crippen molar-refractivity contribution in [3.63, 3.8) is 0 Å². The zero-order chi connectivity index (χ0) is 14.8. The van der Waals surface area contributed by atoms with Crippen LogP contribution in [0.5, 0.6) is 0 Å². The molecule has 0 aromatic heterocycles. The molecule has 0 saturated carbocycles. The number of hydrogen-bond donors (Lipinski definition) is 1. The van der Waals surface area contributed by atoms with Crippen LogP contribution < -0.4 is 0 Å². The number of likely N-dealkylation sites (tertiary alicyclic amines) is 1. The molecule has 112 valence electrons. The summed E-state index contributed by atoms with van der Waals surface area (Å²) in [5, 5.41) is 9.56. The monoisotopic (exact) mass is 271 g/mol. The highest BCUT2D eigenvalue weighted by Gasteiger charge is 2.48. The van der Waals surface area contributed by atoms with Crippen LogP contribution in [0, 0.1) is 11.3 Å². The van der Waals surface area contributed by atoms with Crippen molar-refractivity contribution >= 4 is 5.97 Å². The Bertz CT molecular complexity index is 327. The maximum Gasteiger partial charge on any atom is 0.311 e. The lowest BCUT2D eigenvalue weighted by molar-refractivity contribution is -0.151. The smallest absolute Gasteiger partial charge is 0.311 e. The molecular formula is C15H29NO3. The Kier molecular flexibility index (Phi) is 5.02. The molecule has 1 saturated heterocycles. The molecule has 0 spiro atoms. The minimum Gasteiger partial charge on any atom is -0.481 e. The number of rotatable bonds is 6. The van der Waals surface area contributed by atoms with Gasteiger partial charge in [-0.3, -0.25) is 9.69 Å². The number of carbonyl (C=O) groups is 1. The number of ether oxygens (including phenoxy) is 1.